The number of benzene rings is 1. The highest BCUT2D eigenvalue weighted by Gasteiger charge is 2.39. The number of nitrogens with zero attached hydrogens (tertiary/aromatic N) is 5. The van der Waals surface area contributed by atoms with Crippen LogP contribution in [0.3, 0.4) is 0 Å². The Morgan fingerprint density at radius 3 is 2.50 bits per heavy atom. The number of hydrogen-bond acceptors (Lipinski definition) is 9. The molecule has 0 amide bonds. The van der Waals surface area contributed by atoms with Gasteiger partial charge in [-0.1, -0.05) is 23.7 Å². The summed E-state index contributed by atoms with van der Waals surface area (Å²) < 4.78 is 40.3. The Morgan fingerprint density at radius 1 is 1.19 bits per heavy atom. The molecule has 194 valence electrons. The first kappa shape index (κ1) is 26.5. The van der Waals surface area contributed by atoms with Crippen LogP contribution in [0.2, 0.25) is 5.02 Å². The minimum Gasteiger partial charge on any atom is -0.495 e. The summed E-state index contributed by atoms with van der Waals surface area (Å²) in [5.41, 5.74) is 7.62. The van der Waals surface area contributed by atoms with Gasteiger partial charge in [-0.3, -0.25) is 4.57 Å². The second-order valence-corrected chi connectivity index (χ2v) is 11.8. The minimum absolute atomic E-state index is 0.0925. The van der Waals surface area contributed by atoms with Crippen molar-refractivity contribution in [2.45, 2.75) is 49.7 Å². The molecule has 1 aromatic carbocycles. The largest absolute Gasteiger partial charge is 0.495 e. The molecule has 4 atom stereocenters. The van der Waals surface area contributed by atoms with Crippen LogP contribution in [0.25, 0.3) is 5.69 Å². The number of ether oxygens (including phenoxy) is 2. The molecule has 1 aliphatic carbocycles. The number of aryl methyl sites for hydroxylation is 1. The van der Waals surface area contributed by atoms with E-state index < -0.39 is 21.2 Å². The standard InChI is InChI=1S/C24H31ClN6O4S/c1-14-6-5-7-19(34-3)21(14)31-20(29-30-24(31)18-9-8-16(18)10-26)13-36(32,33)15(2)22(35-4)23-27-11-17(25)12-28-23/h5-7,11-12,15-16,18,22H,8-10,13,26H2,1-4H3/t15-,16-,18+,22-/m0/s1. The lowest BCUT2D eigenvalue weighted by atomic mass is 9.73. The topological polar surface area (TPSA) is 135 Å². The summed E-state index contributed by atoms with van der Waals surface area (Å²) in [4.78, 5) is 8.32. The molecule has 0 aliphatic heterocycles. The fourth-order valence-corrected chi connectivity index (χ4v) is 6.17. The number of sulfone groups is 1. The number of halogens is 1. The van der Waals surface area contributed by atoms with Gasteiger partial charge in [0.25, 0.3) is 0 Å². The summed E-state index contributed by atoms with van der Waals surface area (Å²) in [6, 6.07) is 5.68. The molecule has 2 aromatic heterocycles. The number of hydrogen-bond donors (Lipinski definition) is 1. The quantitative estimate of drug-likeness (QED) is 0.416. The second kappa shape index (κ2) is 10.8. The van der Waals surface area contributed by atoms with Crippen LogP contribution in [0.15, 0.2) is 30.6 Å². The van der Waals surface area contributed by atoms with Crippen molar-refractivity contribution in [1.82, 2.24) is 24.7 Å². The lowest BCUT2D eigenvalue weighted by Gasteiger charge is -2.35. The normalized spacial score (nSPS) is 19.5. The van der Waals surface area contributed by atoms with Crippen molar-refractivity contribution in [3.8, 4) is 11.4 Å². The molecule has 1 fully saturated rings. The first-order chi connectivity index (χ1) is 17.2. The number of rotatable bonds is 10. The van der Waals surface area contributed by atoms with E-state index in [1.54, 1.807) is 14.0 Å². The molecule has 12 heteroatoms. The minimum atomic E-state index is -3.79. The smallest absolute Gasteiger partial charge is 0.163 e. The number of methoxy groups -OCH3 is 2. The summed E-state index contributed by atoms with van der Waals surface area (Å²) in [7, 11) is -0.780. The number of para-hydroxylation sites is 1. The molecule has 1 saturated carbocycles. The van der Waals surface area contributed by atoms with Crippen LogP contribution in [-0.4, -0.2) is 59.2 Å². The van der Waals surface area contributed by atoms with E-state index in [1.807, 2.05) is 29.7 Å². The van der Waals surface area contributed by atoms with Gasteiger partial charge in [0, 0.05) is 25.4 Å². The van der Waals surface area contributed by atoms with E-state index in [2.05, 4.69) is 20.2 Å². The Bertz CT molecular complexity index is 1310. The molecule has 0 saturated heterocycles. The van der Waals surface area contributed by atoms with Crippen molar-refractivity contribution in [3.05, 3.63) is 58.7 Å². The maximum atomic E-state index is 13.7. The van der Waals surface area contributed by atoms with E-state index >= 15 is 0 Å². The van der Waals surface area contributed by atoms with Gasteiger partial charge in [-0.25, -0.2) is 18.4 Å². The second-order valence-electron chi connectivity index (χ2n) is 9.04. The summed E-state index contributed by atoms with van der Waals surface area (Å²) >= 11 is 5.89. The third-order valence-corrected chi connectivity index (χ3v) is 9.16. The van der Waals surface area contributed by atoms with Crippen LogP contribution < -0.4 is 10.5 Å². The summed E-state index contributed by atoms with van der Waals surface area (Å²) in [5, 5.41) is 8.23. The molecule has 1 aliphatic rings. The van der Waals surface area contributed by atoms with Crippen LogP contribution in [0, 0.1) is 12.8 Å². The van der Waals surface area contributed by atoms with Gasteiger partial charge in [0.05, 0.1) is 23.1 Å². The van der Waals surface area contributed by atoms with Crippen LogP contribution in [0.5, 0.6) is 5.75 Å². The van der Waals surface area contributed by atoms with E-state index in [0.29, 0.717) is 29.0 Å². The SMILES string of the molecule is COc1cccc(C)c1-n1c(CS(=O)(=O)[C@@H](C)[C@H](OC)c2ncc(Cl)cn2)nnc1[C@@H]1CC[C@H]1CN. The fourth-order valence-electron chi connectivity index (χ4n) is 4.66. The Labute approximate surface area is 216 Å². The predicted octanol–water partition coefficient (Wildman–Crippen LogP) is 3.17. The molecule has 0 spiro atoms. The van der Waals surface area contributed by atoms with Crippen LogP contribution in [0.4, 0.5) is 0 Å². The lowest BCUT2D eigenvalue weighted by molar-refractivity contribution is 0.0948. The van der Waals surface area contributed by atoms with Gasteiger partial charge < -0.3 is 15.2 Å². The van der Waals surface area contributed by atoms with Gasteiger partial charge >= 0.3 is 0 Å². The van der Waals surface area contributed by atoms with Gasteiger partial charge in [-0.2, -0.15) is 0 Å². The molecule has 3 aromatic rings. The highest BCUT2D eigenvalue weighted by atomic mass is 35.5. The first-order valence-electron chi connectivity index (χ1n) is 11.7. The van der Waals surface area contributed by atoms with Gasteiger partial charge in [0.15, 0.2) is 21.5 Å². The van der Waals surface area contributed by atoms with Crippen molar-refractivity contribution in [2.24, 2.45) is 11.7 Å². The van der Waals surface area contributed by atoms with Crippen molar-refractivity contribution in [1.29, 1.82) is 0 Å². The van der Waals surface area contributed by atoms with Crippen LogP contribution in [-0.2, 0) is 20.3 Å². The summed E-state index contributed by atoms with van der Waals surface area (Å²) in [5.74, 6) is 1.86. The molecule has 0 radical (unpaired) electrons. The van der Waals surface area contributed by atoms with Crippen molar-refractivity contribution < 1.29 is 17.9 Å². The Hall–Kier alpha value is -2.60. The van der Waals surface area contributed by atoms with E-state index in [0.717, 1.165) is 24.1 Å². The maximum Gasteiger partial charge on any atom is 0.163 e. The van der Waals surface area contributed by atoms with Gasteiger partial charge in [-0.15, -0.1) is 10.2 Å². The predicted molar refractivity (Wildman–Crippen MR) is 136 cm³/mol. The first-order valence-corrected chi connectivity index (χ1v) is 13.8. The average molecular weight is 535 g/mol. The fraction of sp³-hybridized carbons (Fsp3) is 0.500. The van der Waals surface area contributed by atoms with Crippen molar-refractivity contribution in [3.63, 3.8) is 0 Å². The summed E-state index contributed by atoms with van der Waals surface area (Å²) in [6.07, 6.45) is 3.85. The lowest BCUT2D eigenvalue weighted by Crippen LogP contribution is -2.33. The molecule has 10 nitrogen and oxygen atoms in total. The zero-order valence-corrected chi connectivity index (χ0v) is 22.3. The molecule has 0 unspecified atom stereocenters. The summed E-state index contributed by atoms with van der Waals surface area (Å²) in [6.45, 7) is 4.06. The zero-order chi connectivity index (χ0) is 26.0. The van der Waals surface area contributed by atoms with E-state index in [1.165, 1.54) is 19.5 Å². The van der Waals surface area contributed by atoms with E-state index in [9.17, 15) is 8.42 Å². The van der Waals surface area contributed by atoms with Crippen molar-refractivity contribution in [2.75, 3.05) is 20.8 Å². The Morgan fingerprint density at radius 2 is 1.92 bits per heavy atom. The third-order valence-electron chi connectivity index (χ3n) is 6.92. The molecule has 0 bridgehead atoms. The van der Waals surface area contributed by atoms with E-state index in [-0.39, 0.29) is 23.4 Å². The van der Waals surface area contributed by atoms with Gasteiger partial charge in [0.2, 0.25) is 0 Å². The molecule has 4 rings (SSSR count). The highest BCUT2D eigenvalue weighted by molar-refractivity contribution is 7.91. The third kappa shape index (κ3) is 4.97. The van der Waals surface area contributed by atoms with E-state index in [4.69, 9.17) is 26.8 Å². The van der Waals surface area contributed by atoms with Gasteiger partial charge in [0.1, 0.15) is 23.4 Å². The highest BCUT2D eigenvalue weighted by Crippen LogP contribution is 2.43. The molecular formula is C24H31ClN6O4S. The van der Waals surface area contributed by atoms with Crippen LogP contribution in [0.1, 0.15) is 54.8 Å². The molecule has 36 heavy (non-hydrogen) atoms. The maximum absolute atomic E-state index is 13.7. The Balaban J connectivity index is 1.76. The zero-order valence-electron chi connectivity index (χ0n) is 20.8. The van der Waals surface area contributed by atoms with Crippen molar-refractivity contribution >= 4 is 21.4 Å². The number of aromatic nitrogens is 5. The monoisotopic (exact) mass is 534 g/mol. The van der Waals surface area contributed by atoms with Gasteiger partial charge in [-0.05, 0) is 50.8 Å². The van der Waals surface area contributed by atoms with Crippen LogP contribution >= 0.6 is 11.6 Å². The Kier molecular flexibility index (Phi) is 7.93. The molecular weight excluding hydrogens is 504 g/mol. The molecule has 2 N–H and O–H groups in total. The average Bonchev–Trinajstić information content (AvgIpc) is 3.21. The number of nitrogens with two attached hydrogens (primary N) is 1. The molecule has 2 heterocycles.